The second-order valence-electron chi connectivity index (χ2n) is 7.27. The van der Waals surface area contributed by atoms with Crippen LogP contribution in [0, 0.1) is 6.92 Å². The number of hydrogen-bond donors (Lipinski definition) is 1. The van der Waals surface area contributed by atoms with E-state index in [9.17, 15) is 26.4 Å². The number of hydrogen-bond acceptors (Lipinski definition) is 4. The zero-order chi connectivity index (χ0) is 22.6. The van der Waals surface area contributed by atoms with Crippen LogP contribution in [0.5, 0.6) is 5.75 Å². The molecule has 0 saturated carbocycles. The summed E-state index contributed by atoms with van der Waals surface area (Å²) in [5.74, 6) is -0.488. The van der Waals surface area contributed by atoms with Crippen LogP contribution in [0.1, 0.15) is 30.4 Å². The summed E-state index contributed by atoms with van der Waals surface area (Å²) in [5, 5.41) is 2.20. The van der Waals surface area contributed by atoms with Gasteiger partial charge in [-0.3, -0.25) is 4.79 Å². The average Bonchev–Trinajstić information content (AvgIpc) is 2.73. The summed E-state index contributed by atoms with van der Waals surface area (Å²) in [7, 11) is -3.60. The lowest BCUT2D eigenvalue weighted by Gasteiger charge is -2.26. The monoisotopic (exact) mass is 456 g/mol. The summed E-state index contributed by atoms with van der Waals surface area (Å²) in [6.45, 7) is 2.09. The number of aryl methyl sites for hydroxylation is 1. The molecule has 1 fully saturated rings. The van der Waals surface area contributed by atoms with Crippen molar-refractivity contribution in [1.29, 1.82) is 0 Å². The van der Waals surface area contributed by atoms with Gasteiger partial charge in [-0.2, -0.15) is 17.5 Å². The number of sulfonamides is 1. The van der Waals surface area contributed by atoms with Crippen molar-refractivity contribution in [1.82, 2.24) is 4.31 Å². The molecule has 2 aromatic carbocycles. The van der Waals surface area contributed by atoms with E-state index in [4.69, 9.17) is 4.74 Å². The van der Waals surface area contributed by atoms with E-state index in [1.807, 2.05) is 0 Å². The molecule has 0 radical (unpaired) electrons. The Morgan fingerprint density at radius 3 is 2.42 bits per heavy atom. The molecule has 0 aromatic heterocycles. The van der Waals surface area contributed by atoms with Crippen molar-refractivity contribution < 1.29 is 31.1 Å². The standard InChI is InChI=1S/C21H23F3N2O4S/c1-15-13-16(31(28,29)26-11-5-2-6-12-26)9-10-19(15)30-14-20(27)25-18-8-4-3-7-17(18)21(22,23)24/h3-4,7-10,13H,2,5-6,11-12,14H2,1H3,(H,25,27). The number of para-hydroxylation sites is 1. The largest absolute Gasteiger partial charge is 0.483 e. The molecule has 31 heavy (non-hydrogen) atoms. The first kappa shape index (κ1) is 23.1. The molecule has 1 saturated heterocycles. The van der Waals surface area contributed by atoms with Gasteiger partial charge in [-0.1, -0.05) is 18.6 Å². The van der Waals surface area contributed by atoms with Crippen LogP contribution >= 0.6 is 0 Å². The number of anilines is 1. The van der Waals surface area contributed by atoms with E-state index in [2.05, 4.69) is 5.32 Å². The molecular weight excluding hydrogens is 433 g/mol. The fraction of sp³-hybridized carbons (Fsp3) is 0.381. The van der Waals surface area contributed by atoms with Gasteiger partial charge in [0.25, 0.3) is 5.91 Å². The van der Waals surface area contributed by atoms with Crippen molar-refractivity contribution in [3.8, 4) is 5.75 Å². The number of nitrogens with zero attached hydrogens (tertiary/aromatic N) is 1. The van der Waals surface area contributed by atoms with E-state index in [0.29, 0.717) is 18.7 Å². The van der Waals surface area contributed by atoms with Crippen molar-refractivity contribution in [3.63, 3.8) is 0 Å². The lowest BCUT2D eigenvalue weighted by molar-refractivity contribution is -0.137. The van der Waals surface area contributed by atoms with E-state index < -0.39 is 34.3 Å². The fourth-order valence-corrected chi connectivity index (χ4v) is 4.97. The smallest absolute Gasteiger partial charge is 0.418 e. The number of amides is 1. The Balaban J connectivity index is 1.66. The number of carbonyl (C=O) groups is 1. The third-order valence-corrected chi connectivity index (χ3v) is 6.86. The van der Waals surface area contributed by atoms with Gasteiger partial charge in [0.1, 0.15) is 5.75 Å². The maximum atomic E-state index is 13.0. The number of nitrogens with one attached hydrogen (secondary N) is 1. The third kappa shape index (κ3) is 5.56. The zero-order valence-electron chi connectivity index (χ0n) is 16.9. The number of ether oxygens (including phenoxy) is 1. The van der Waals surface area contributed by atoms with Crippen LogP contribution < -0.4 is 10.1 Å². The second kappa shape index (κ2) is 9.27. The normalized spacial score (nSPS) is 15.5. The van der Waals surface area contributed by atoms with E-state index >= 15 is 0 Å². The molecular formula is C21H23F3N2O4S. The first-order chi connectivity index (χ1) is 14.6. The van der Waals surface area contributed by atoms with Crippen LogP contribution in [-0.4, -0.2) is 38.3 Å². The van der Waals surface area contributed by atoms with Gasteiger partial charge in [-0.05, 0) is 55.7 Å². The van der Waals surface area contributed by atoms with E-state index in [1.54, 1.807) is 6.92 Å². The minimum absolute atomic E-state index is 0.141. The highest BCUT2D eigenvalue weighted by Gasteiger charge is 2.33. The van der Waals surface area contributed by atoms with Crippen LogP contribution in [0.2, 0.25) is 0 Å². The van der Waals surface area contributed by atoms with Crippen molar-refractivity contribution >= 4 is 21.6 Å². The number of piperidine rings is 1. The maximum Gasteiger partial charge on any atom is 0.418 e. The first-order valence-electron chi connectivity index (χ1n) is 9.79. The summed E-state index contributed by atoms with van der Waals surface area (Å²) in [6.07, 6.45) is -1.94. The topological polar surface area (TPSA) is 75.7 Å². The Morgan fingerprint density at radius 2 is 1.77 bits per heavy atom. The average molecular weight is 456 g/mol. The Labute approximate surface area is 179 Å². The highest BCUT2D eigenvalue weighted by atomic mass is 32.2. The van der Waals surface area contributed by atoms with Crippen molar-refractivity contribution in [2.75, 3.05) is 25.0 Å². The number of carbonyl (C=O) groups excluding carboxylic acids is 1. The summed E-state index contributed by atoms with van der Waals surface area (Å²) >= 11 is 0. The van der Waals surface area contributed by atoms with Gasteiger partial charge in [0.15, 0.2) is 6.61 Å². The van der Waals surface area contributed by atoms with Crippen LogP contribution in [0.15, 0.2) is 47.4 Å². The summed E-state index contributed by atoms with van der Waals surface area (Å²) in [5.41, 5.74) is -0.809. The summed E-state index contributed by atoms with van der Waals surface area (Å²) < 4.78 is 71.5. The molecule has 2 aromatic rings. The number of halogens is 3. The number of alkyl halides is 3. The minimum Gasteiger partial charge on any atom is -0.483 e. The van der Waals surface area contributed by atoms with Crippen molar-refractivity contribution in [2.45, 2.75) is 37.3 Å². The van der Waals surface area contributed by atoms with Gasteiger partial charge in [-0.15, -0.1) is 0 Å². The highest BCUT2D eigenvalue weighted by molar-refractivity contribution is 7.89. The van der Waals surface area contributed by atoms with Crippen LogP contribution in [0.25, 0.3) is 0 Å². The van der Waals surface area contributed by atoms with Crippen LogP contribution in [0.3, 0.4) is 0 Å². The van der Waals surface area contributed by atoms with Gasteiger partial charge < -0.3 is 10.1 Å². The van der Waals surface area contributed by atoms with Gasteiger partial charge in [0, 0.05) is 13.1 Å². The Kier molecular flexibility index (Phi) is 6.90. The molecule has 0 spiro atoms. The summed E-state index contributed by atoms with van der Waals surface area (Å²) in [4.78, 5) is 12.2. The fourth-order valence-electron chi connectivity index (χ4n) is 3.37. The molecule has 0 bridgehead atoms. The molecule has 1 aliphatic heterocycles. The molecule has 3 rings (SSSR count). The lowest BCUT2D eigenvalue weighted by atomic mass is 10.1. The van der Waals surface area contributed by atoms with Gasteiger partial charge in [-0.25, -0.2) is 8.42 Å². The zero-order valence-corrected chi connectivity index (χ0v) is 17.7. The minimum atomic E-state index is -4.60. The molecule has 1 N–H and O–H groups in total. The van der Waals surface area contributed by atoms with Gasteiger partial charge >= 0.3 is 6.18 Å². The van der Waals surface area contributed by atoms with Crippen molar-refractivity contribution in [2.24, 2.45) is 0 Å². The SMILES string of the molecule is Cc1cc(S(=O)(=O)N2CCCCC2)ccc1OCC(=O)Nc1ccccc1C(F)(F)F. The number of benzene rings is 2. The van der Waals surface area contributed by atoms with Gasteiger partial charge in [0.05, 0.1) is 16.1 Å². The lowest BCUT2D eigenvalue weighted by Crippen LogP contribution is -2.35. The van der Waals surface area contributed by atoms with Crippen LogP contribution in [-0.2, 0) is 21.0 Å². The van der Waals surface area contributed by atoms with Crippen molar-refractivity contribution in [3.05, 3.63) is 53.6 Å². The van der Waals surface area contributed by atoms with Gasteiger partial charge in [0.2, 0.25) is 10.0 Å². The molecule has 1 amide bonds. The molecule has 168 valence electrons. The molecule has 0 atom stereocenters. The first-order valence-corrected chi connectivity index (χ1v) is 11.2. The quantitative estimate of drug-likeness (QED) is 0.707. The molecule has 10 heteroatoms. The van der Waals surface area contributed by atoms with Crippen LogP contribution in [0.4, 0.5) is 18.9 Å². The Morgan fingerprint density at radius 1 is 1.10 bits per heavy atom. The maximum absolute atomic E-state index is 13.0. The Bertz CT molecular complexity index is 1050. The van der Waals surface area contributed by atoms with E-state index in [1.165, 1.54) is 34.6 Å². The molecule has 1 heterocycles. The van der Waals surface area contributed by atoms with E-state index in [0.717, 1.165) is 31.4 Å². The number of rotatable bonds is 6. The summed E-state index contributed by atoms with van der Waals surface area (Å²) in [6, 6.07) is 8.98. The molecule has 0 aliphatic carbocycles. The highest BCUT2D eigenvalue weighted by Crippen LogP contribution is 2.34. The predicted molar refractivity (Wildman–Crippen MR) is 109 cm³/mol. The third-order valence-electron chi connectivity index (χ3n) is 4.96. The van der Waals surface area contributed by atoms with E-state index in [-0.39, 0.29) is 16.3 Å². The molecule has 6 nitrogen and oxygen atoms in total. The molecule has 1 aliphatic rings. The predicted octanol–water partition coefficient (Wildman–Crippen LogP) is 4.21. The second-order valence-corrected chi connectivity index (χ2v) is 9.21. The Hall–Kier alpha value is -2.59. The molecule has 0 unspecified atom stereocenters.